The number of nitrogens with zero attached hydrogens (tertiary/aromatic N) is 2. The molecule has 28 heavy (non-hydrogen) atoms. The van der Waals surface area contributed by atoms with Crippen LogP contribution in [0.1, 0.15) is 31.9 Å². The van der Waals surface area contributed by atoms with Gasteiger partial charge in [0.25, 0.3) is 10.0 Å². The predicted molar refractivity (Wildman–Crippen MR) is 109 cm³/mol. The quantitative estimate of drug-likeness (QED) is 0.642. The van der Waals surface area contributed by atoms with Crippen LogP contribution in [0.15, 0.2) is 59.6 Å². The van der Waals surface area contributed by atoms with Crippen LogP contribution >= 0.6 is 11.6 Å². The van der Waals surface area contributed by atoms with E-state index in [1.165, 1.54) is 23.0 Å². The van der Waals surface area contributed by atoms with Gasteiger partial charge in [0.05, 0.1) is 11.4 Å². The molecule has 5 nitrogen and oxygen atoms in total. The van der Waals surface area contributed by atoms with E-state index in [4.69, 9.17) is 11.6 Å². The third kappa shape index (κ3) is 4.72. The van der Waals surface area contributed by atoms with E-state index in [9.17, 15) is 12.8 Å². The third-order valence-electron chi connectivity index (χ3n) is 4.24. The van der Waals surface area contributed by atoms with Gasteiger partial charge in [-0.05, 0) is 40.8 Å². The van der Waals surface area contributed by atoms with Crippen LogP contribution in [-0.4, -0.2) is 18.2 Å². The van der Waals surface area contributed by atoms with E-state index in [1.807, 2.05) is 0 Å². The fourth-order valence-corrected chi connectivity index (χ4v) is 3.92. The Balaban J connectivity index is 1.79. The fourth-order valence-electron chi connectivity index (χ4n) is 2.64. The first-order valence-electron chi connectivity index (χ1n) is 8.65. The molecule has 0 aliphatic heterocycles. The monoisotopic (exact) mass is 421 g/mol. The molecular weight excluding hydrogens is 401 g/mol. The van der Waals surface area contributed by atoms with Crippen molar-refractivity contribution < 1.29 is 12.8 Å². The van der Waals surface area contributed by atoms with Crippen LogP contribution < -0.4 is 4.72 Å². The molecule has 0 saturated heterocycles. The van der Waals surface area contributed by atoms with Gasteiger partial charge in [0, 0.05) is 6.20 Å². The van der Waals surface area contributed by atoms with Gasteiger partial charge < -0.3 is 0 Å². The van der Waals surface area contributed by atoms with E-state index < -0.39 is 10.0 Å². The second-order valence-electron chi connectivity index (χ2n) is 7.53. The Bertz CT molecular complexity index is 1070. The van der Waals surface area contributed by atoms with Crippen LogP contribution in [0.5, 0.6) is 0 Å². The zero-order valence-electron chi connectivity index (χ0n) is 15.8. The van der Waals surface area contributed by atoms with Crippen molar-refractivity contribution >= 4 is 27.4 Å². The maximum Gasteiger partial charge on any atom is 0.263 e. The van der Waals surface area contributed by atoms with Gasteiger partial charge in [0.15, 0.2) is 5.82 Å². The second-order valence-corrected chi connectivity index (χ2v) is 9.62. The average Bonchev–Trinajstić information content (AvgIpc) is 2.95. The van der Waals surface area contributed by atoms with Crippen LogP contribution in [-0.2, 0) is 22.0 Å². The molecule has 1 N–H and O–H groups in total. The molecule has 2 aromatic carbocycles. The van der Waals surface area contributed by atoms with Gasteiger partial charge in [-0.1, -0.05) is 56.6 Å². The Morgan fingerprint density at radius 3 is 2.25 bits per heavy atom. The number of hydrogen-bond donors (Lipinski definition) is 1. The molecule has 0 atom stereocenters. The zero-order valence-corrected chi connectivity index (χ0v) is 17.4. The Morgan fingerprint density at radius 2 is 1.68 bits per heavy atom. The van der Waals surface area contributed by atoms with Crippen molar-refractivity contribution in [1.29, 1.82) is 0 Å². The molecule has 0 amide bonds. The molecule has 1 heterocycles. The maximum absolute atomic E-state index is 13.0. The Hall–Kier alpha value is -2.38. The largest absolute Gasteiger partial charge is 0.265 e. The van der Waals surface area contributed by atoms with Crippen molar-refractivity contribution in [3.63, 3.8) is 0 Å². The molecule has 0 fully saturated rings. The van der Waals surface area contributed by atoms with Crippen LogP contribution in [0.4, 0.5) is 10.2 Å². The lowest BCUT2D eigenvalue weighted by Gasteiger charge is -2.19. The number of rotatable bonds is 5. The number of anilines is 1. The first-order valence-corrected chi connectivity index (χ1v) is 10.5. The van der Waals surface area contributed by atoms with Crippen molar-refractivity contribution in [2.45, 2.75) is 37.6 Å². The van der Waals surface area contributed by atoms with E-state index in [2.05, 4.69) is 30.6 Å². The van der Waals surface area contributed by atoms with Crippen LogP contribution in [0.25, 0.3) is 0 Å². The SMILES string of the molecule is CC(C)(C)c1ccc(S(=O)(=O)Nc2nn(Cc3ccc(F)cc3)cc2Cl)cc1. The van der Waals surface area contributed by atoms with Crippen molar-refractivity contribution in [2.75, 3.05) is 4.72 Å². The van der Waals surface area contributed by atoms with Gasteiger partial charge in [-0.25, -0.2) is 12.8 Å². The third-order valence-corrected chi connectivity index (χ3v) is 5.87. The smallest absolute Gasteiger partial charge is 0.263 e. The summed E-state index contributed by atoms with van der Waals surface area (Å²) in [4.78, 5) is 0.129. The zero-order chi connectivity index (χ0) is 20.5. The molecule has 0 spiro atoms. The molecule has 148 valence electrons. The highest BCUT2D eigenvalue weighted by Crippen LogP contribution is 2.26. The minimum atomic E-state index is -3.82. The number of aromatic nitrogens is 2. The highest BCUT2D eigenvalue weighted by Gasteiger charge is 2.20. The van der Waals surface area contributed by atoms with E-state index in [0.29, 0.717) is 6.54 Å². The van der Waals surface area contributed by atoms with Crippen molar-refractivity contribution in [3.8, 4) is 0 Å². The highest BCUT2D eigenvalue weighted by atomic mass is 35.5. The first kappa shape index (κ1) is 20.4. The summed E-state index contributed by atoms with van der Waals surface area (Å²) in [6.45, 7) is 6.51. The van der Waals surface area contributed by atoms with Gasteiger partial charge in [-0.3, -0.25) is 9.40 Å². The molecule has 3 rings (SSSR count). The average molecular weight is 422 g/mol. The van der Waals surface area contributed by atoms with Gasteiger partial charge in [-0.15, -0.1) is 0 Å². The molecule has 0 bridgehead atoms. The predicted octanol–water partition coefficient (Wildman–Crippen LogP) is 4.82. The Morgan fingerprint density at radius 1 is 1.07 bits per heavy atom. The van der Waals surface area contributed by atoms with Gasteiger partial charge in [-0.2, -0.15) is 5.10 Å². The van der Waals surface area contributed by atoms with Crippen LogP contribution in [0.2, 0.25) is 5.02 Å². The normalized spacial score (nSPS) is 12.2. The summed E-state index contributed by atoms with van der Waals surface area (Å²) in [6, 6.07) is 12.7. The lowest BCUT2D eigenvalue weighted by Crippen LogP contribution is -2.15. The molecule has 1 aromatic heterocycles. The minimum Gasteiger partial charge on any atom is -0.265 e. The van der Waals surface area contributed by atoms with E-state index in [-0.39, 0.29) is 27.0 Å². The van der Waals surface area contributed by atoms with Gasteiger partial charge in [0.2, 0.25) is 0 Å². The van der Waals surface area contributed by atoms with Crippen LogP contribution in [0.3, 0.4) is 0 Å². The number of benzene rings is 2. The van der Waals surface area contributed by atoms with Crippen molar-refractivity contribution in [2.24, 2.45) is 0 Å². The topological polar surface area (TPSA) is 64.0 Å². The number of nitrogens with one attached hydrogen (secondary N) is 1. The summed E-state index contributed by atoms with van der Waals surface area (Å²) >= 11 is 6.14. The molecule has 0 aliphatic carbocycles. The van der Waals surface area contributed by atoms with Crippen molar-refractivity contribution in [3.05, 3.63) is 76.7 Å². The molecule has 0 unspecified atom stereocenters. The van der Waals surface area contributed by atoms with E-state index in [0.717, 1.165) is 11.1 Å². The van der Waals surface area contributed by atoms with Crippen molar-refractivity contribution in [1.82, 2.24) is 9.78 Å². The molecule has 3 aromatic rings. The summed E-state index contributed by atoms with van der Waals surface area (Å²) in [5.41, 5.74) is 1.78. The Kier molecular flexibility index (Phi) is 5.50. The van der Waals surface area contributed by atoms with E-state index in [1.54, 1.807) is 36.4 Å². The minimum absolute atomic E-state index is 0.0451. The highest BCUT2D eigenvalue weighted by molar-refractivity contribution is 7.92. The maximum atomic E-state index is 13.0. The van der Waals surface area contributed by atoms with E-state index >= 15 is 0 Å². The molecule has 0 radical (unpaired) electrons. The lowest BCUT2D eigenvalue weighted by atomic mass is 9.87. The summed E-state index contributed by atoms with van der Waals surface area (Å²) in [7, 11) is -3.82. The molecular formula is C20H21ClFN3O2S. The van der Waals surface area contributed by atoms with Gasteiger partial charge >= 0.3 is 0 Å². The second kappa shape index (κ2) is 7.56. The number of sulfonamides is 1. The summed E-state index contributed by atoms with van der Waals surface area (Å²) < 4.78 is 42.2. The van der Waals surface area contributed by atoms with Crippen LogP contribution in [0, 0.1) is 5.82 Å². The number of halogens is 2. The Labute approximate surface area is 169 Å². The number of hydrogen-bond acceptors (Lipinski definition) is 3. The standard InChI is InChI=1S/C20H21ClFN3O2S/c1-20(2,3)15-6-10-17(11-7-15)28(26,27)24-19-18(21)13-25(23-19)12-14-4-8-16(22)9-5-14/h4-11,13H,12H2,1-3H3,(H,23,24). The first-order chi connectivity index (χ1) is 13.0. The lowest BCUT2D eigenvalue weighted by molar-refractivity contribution is 0.587. The molecule has 0 saturated carbocycles. The van der Waals surface area contributed by atoms with Gasteiger partial charge in [0.1, 0.15) is 10.8 Å². The fraction of sp³-hybridized carbons (Fsp3) is 0.250. The summed E-state index contributed by atoms with van der Waals surface area (Å²) in [6.07, 6.45) is 1.52. The molecule has 0 aliphatic rings. The summed E-state index contributed by atoms with van der Waals surface area (Å²) in [5, 5.41) is 4.37. The summed E-state index contributed by atoms with van der Waals surface area (Å²) in [5.74, 6) is -0.281. The molecule has 8 heteroatoms.